The summed E-state index contributed by atoms with van der Waals surface area (Å²) in [6.45, 7) is 3.60. The maximum atomic E-state index is 11.9. The van der Waals surface area contributed by atoms with E-state index in [0.29, 0.717) is 17.1 Å². The molecular formula is C16H13NO5S. The van der Waals surface area contributed by atoms with Crippen LogP contribution in [0.5, 0.6) is 0 Å². The van der Waals surface area contributed by atoms with E-state index in [4.69, 9.17) is 9.15 Å². The number of carbonyl (C=O) groups excluding carboxylic acids is 2. The number of methoxy groups -OCH3 is 1. The van der Waals surface area contributed by atoms with Crippen LogP contribution in [0.2, 0.25) is 0 Å². The zero-order valence-electron chi connectivity index (χ0n) is 12.7. The first-order chi connectivity index (χ1) is 11.0. The van der Waals surface area contributed by atoms with Crippen LogP contribution in [-0.2, 0) is 14.3 Å². The van der Waals surface area contributed by atoms with Crippen LogP contribution in [0.1, 0.15) is 31.6 Å². The van der Waals surface area contributed by atoms with Gasteiger partial charge in [0.25, 0.3) is 0 Å². The number of aliphatic imine (C=N–C) groups is 1. The van der Waals surface area contributed by atoms with E-state index in [2.05, 4.69) is 9.73 Å². The smallest absolute Gasteiger partial charge is 0.363 e. The standard InChI is InChI=1S/C16H13NO5S/c1-8-4-5-13(23-8)14-17-12(16(19)22-14)7-10-6-11(9(2)21-10)15(18)20-3/h4-7H,1-3H3. The van der Waals surface area contributed by atoms with E-state index in [0.717, 1.165) is 9.75 Å². The highest BCUT2D eigenvalue weighted by molar-refractivity contribution is 7.14. The maximum Gasteiger partial charge on any atom is 0.363 e. The molecule has 3 heterocycles. The van der Waals surface area contributed by atoms with Gasteiger partial charge in [-0.25, -0.2) is 14.6 Å². The van der Waals surface area contributed by atoms with E-state index in [1.54, 1.807) is 6.92 Å². The third kappa shape index (κ3) is 2.95. The molecule has 0 radical (unpaired) electrons. The molecule has 0 amide bonds. The summed E-state index contributed by atoms with van der Waals surface area (Å²) in [6, 6.07) is 5.28. The molecule has 3 rings (SSSR count). The van der Waals surface area contributed by atoms with E-state index >= 15 is 0 Å². The zero-order valence-corrected chi connectivity index (χ0v) is 13.5. The summed E-state index contributed by atoms with van der Waals surface area (Å²) < 4.78 is 15.3. The summed E-state index contributed by atoms with van der Waals surface area (Å²) >= 11 is 1.49. The largest absolute Gasteiger partial charge is 0.465 e. The molecule has 0 unspecified atom stereocenters. The summed E-state index contributed by atoms with van der Waals surface area (Å²) in [7, 11) is 1.29. The predicted octanol–water partition coefficient (Wildman–Crippen LogP) is 3.09. The van der Waals surface area contributed by atoms with Gasteiger partial charge in [0.15, 0.2) is 5.70 Å². The van der Waals surface area contributed by atoms with E-state index < -0.39 is 11.9 Å². The van der Waals surface area contributed by atoms with Crippen LogP contribution >= 0.6 is 11.3 Å². The number of rotatable bonds is 3. The first-order valence-electron chi connectivity index (χ1n) is 6.76. The second-order valence-corrected chi connectivity index (χ2v) is 6.14. The van der Waals surface area contributed by atoms with Gasteiger partial charge in [-0.3, -0.25) is 0 Å². The predicted molar refractivity (Wildman–Crippen MR) is 84.4 cm³/mol. The second kappa shape index (κ2) is 5.85. The number of thiophene rings is 1. The Morgan fingerprint density at radius 3 is 2.78 bits per heavy atom. The molecule has 0 saturated carbocycles. The van der Waals surface area contributed by atoms with Crippen molar-refractivity contribution in [2.45, 2.75) is 13.8 Å². The van der Waals surface area contributed by atoms with Crippen molar-refractivity contribution < 1.29 is 23.5 Å². The molecule has 7 heteroatoms. The average Bonchev–Trinajstić information content (AvgIpc) is 3.19. The maximum absolute atomic E-state index is 11.9. The van der Waals surface area contributed by atoms with Crippen LogP contribution in [0.25, 0.3) is 6.08 Å². The lowest BCUT2D eigenvalue weighted by Gasteiger charge is -1.93. The third-order valence-corrected chi connectivity index (χ3v) is 4.18. The minimum Gasteiger partial charge on any atom is -0.465 e. The number of cyclic esters (lactones) is 1. The third-order valence-electron chi connectivity index (χ3n) is 3.19. The SMILES string of the molecule is COC(=O)c1cc(C=C2N=C(c3ccc(C)s3)OC2=O)oc1C. The van der Waals surface area contributed by atoms with Crippen LogP contribution in [-0.4, -0.2) is 24.9 Å². The monoisotopic (exact) mass is 331 g/mol. The molecule has 23 heavy (non-hydrogen) atoms. The zero-order chi connectivity index (χ0) is 16.6. The lowest BCUT2D eigenvalue weighted by molar-refractivity contribution is -0.129. The summed E-state index contributed by atoms with van der Waals surface area (Å²) in [4.78, 5) is 29.6. The number of nitrogens with zero attached hydrogens (tertiary/aromatic N) is 1. The van der Waals surface area contributed by atoms with Gasteiger partial charge in [0.1, 0.15) is 17.1 Å². The minimum atomic E-state index is -0.556. The van der Waals surface area contributed by atoms with Crippen LogP contribution in [0.4, 0.5) is 0 Å². The van der Waals surface area contributed by atoms with E-state index in [-0.39, 0.29) is 11.6 Å². The summed E-state index contributed by atoms with van der Waals surface area (Å²) in [5, 5.41) is 0. The number of furan rings is 1. The van der Waals surface area contributed by atoms with Gasteiger partial charge >= 0.3 is 11.9 Å². The number of ether oxygens (including phenoxy) is 2. The summed E-state index contributed by atoms with van der Waals surface area (Å²) in [5.74, 6) is -0.0333. The molecule has 2 aromatic rings. The normalized spacial score (nSPS) is 15.7. The molecule has 0 fully saturated rings. The fourth-order valence-electron chi connectivity index (χ4n) is 2.09. The molecule has 0 spiro atoms. The Morgan fingerprint density at radius 2 is 2.13 bits per heavy atom. The van der Waals surface area contributed by atoms with Crippen LogP contribution < -0.4 is 0 Å². The molecule has 6 nitrogen and oxygen atoms in total. The van der Waals surface area contributed by atoms with Crippen molar-refractivity contribution in [3.63, 3.8) is 0 Å². The van der Waals surface area contributed by atoms with Crippen LogP contribution in [0.3, 0.4) is 0 Å². The topological polar surface area (TPSA) is 78.1 Å². The highest BCUT2D eigenvalue weighted by Gasteiger charge is 2.26. The number of hydrogen-bond donors (Lipinski definition) is 0. The summed E-state index contributed by atoms with van der Waals surface area (Å²) in [6.07, 6.45) is 1.44. The van der Waals surface area contributed by atoms with Gasteiger partial charge < -0.3 is 13.9 Å². The van der Waals surface area contributed by atoms with Gasteiger partial charge in [0.2, 0.25) is 5.90 Å². The first kappa shape index (κ1) is 15.2. The second-order valence-electron chi connectivity index (χ2n) is 4.86. The molecule has 1 aliphatic heterocycles. The van der Waals surface area contributed by atoms with Gasteiger partial charge in [0.05, 0.1) is 12.0 Å². The van der Waals surface area contributed by atoms with Crippen molar-refractivity contribution in [2.75, 3.05) is 7.11 Å². The number of aryl methyl sites for hydroxylation is 2. The molecule has 0 atom stereocenters. The lowest BCUT2D eigenvalue weighted by Crippen LogP contribution is -2.03. The van der Waals surface area contributed by atoms with Gasteiger partial charge in [-0.1, -0.05) is 0 Å². The fraction of sp³-hybridized carbons (Fsp3) is 0.188. The Kier molecular flexibility index (Phi) is 3.87. The average molecular weight is 331 g/mol. The van der Waals surface area contributed by atoms with Crippen molar-refractivity contribution in [1.82, 2.24) is 0 Å². The lowest BCUT2D eigenvalue weighted by atomic mass is 10.2. The van der Waals surface area contributed by atoms with Crippen molar-refractivity contribution >= 4 is 35.2 Å². The van der Waals surface area contributed by atoms with Crippen molar-refractivity contribution in [1.29, 1.82) is 0 Å². The fourth-order valence-corrected chi connectivity index (χ4v) is 2.88. The molecular weight excluding hydrogens is 318 g/mol. The molecule has 0 N–H and O–H groups in total. The summed E-state index contributed by atoms with van der Waals surface area (Å²) in [5.41, 5.74) is 0.431. The van der Waals surface area contributed by atoms with E-state index in [1.165, 1.54) is 30.6 Å². The van der Waals surface area contributed by atoms with Crippen molar-refractivity contribution in [2.24, 2.45) is 4.99 Å². The highest BCUT2D eigenvalue weighted by atomic mass is 32.1. The molecule has 0 saturated heterocycles. The van der Waals surface area contributed by atoms with E-state index in [1.807, 2.05) is 19.1 Å². The Bertz CT molecular complexity index is 856. The highest BCUT2D eigenvalue weighted by Crippen LogP contribution is 2.25. The van der Waals surface area contributed by atoms with Crippen molar-refractivity contribution in [3.05, 3.63) is 50.7 Å². The molecule has 0 aromatic carbocycles. The number of esters is 2. The molecule has 1 aliphatic rings. The number of hydrogen-bond acceptors (Lipinski definition) is 7. The van der Waals surface area contributed by atoms with Crippen molar-refractivity contribution in [3.8, 4) is 0 Å². The Morgan fingerprint density at radius 1 is 1.35 bits per heavy atom. The quantitative estimate of drug-likeness (QED) is 0.638. The van der Waals surface area contributed by atoms with Crippen LogP contribution in [0, 0.1) is 13.8 Å². The van der Waals surface area contributed by atoms with Gasteiger partial charge in [-0.15, -0.1) is 11.3 Å². The Labute approximate surface area is 136 Å². The van der Waals surface area contributed by atoms with E-state index in [9.17, 15) is 9.59 Å². The van der Waals surface area contributed by atoms with Crippen LogP contribution in [0.15, 0.2) is 33.3 Å². The van der Waals surface area contributed by atoms with Gasteiger partial charge in [0, 0.05) is 11.0 Å². The van der Waals surface area contributed by atoms with Gasteiger partial charge in [-0.2, -0.15) is 0 Å². The molecule has 0 aliphatic carbocycles. The number of carbonyl (C=O) groups is 2. The molecule has 0 bridgehead atoms. The Balaban J connectivity index is 1.92. The minimum absolute atomic E-state index is 0.121. The first-order valence-corrected chi connectivity index (χ1v) is 7.57. The molecule has 118 valence electrons. The van der Waals surface area contributed by atoms with Gasteiger partial charge in [-0.05, 0) is 32.0 Å². The Hall–Kier alpha value is -2.67. The molecule has 2 aromatic heterocycles.